The van der Waals surface area contributed by atoms with E-state index in [1.165, 1.54) is 0 Å². The number of nitrogens with zero attached hydrogens (tertiary/aromatic N) is 2. The third kappa shape index (κ3) is 3.01. The molecule has 0 atom stereocenters. The van der Waals surface area contributed by atoms with Crippen LogP contribution in [0.1, 0.15) is 5.69 Å². The Balaban J connectivity index is 1.86. The van der Waals surface area contributed by atoms with Crippen molar-refractivity contribution in [3.05, 3.63) is 72.6 Å². The fraction of sp³-hybridized carbons (Fsp3) is 0.0556. The van der Waals surface area contributed by atoms with Gasteiger partial charge in [-0.25, -0.2) is 0 Å². The lowest BCUT2D eigenvalue weighted by Gasteiger charge is -2.07. The van der Waals surface area contributed by atoms with Gasteiger partial charge in [0.15, 0.2) is 0 Å². The summed E-state index contributed by atoms with van der Waals surface area (Å²) < 4.78 is 7.22. The van der Waals surface area contributed by atoms with E-state index in [4.69, 9.17) is 4.74 Å². The largest absolute Gasteiger partial charge is 0.508 e. The molecule has 22 heavy (non-hydrogen) atoms. The van der Waals surface area contributed by atoms with E-state index < -0.39 is 0 Å². The smallest absolute Gasteiger partial charge is 0.119 e. The van der Waals surface area contributed by atoms with Gasteiger partial charge in [0, 0.05) is 11.9 Å². The van der Waals surface area contributed by atoms with Crippen LogP contribution in [0.2, 0.25) is 0 Å². The average Bonchev–Trinajstić information content (AvgIpc) is 3.03. The Morgan fingerprint density at radius 3 is 2.41 bits per heavy atom. The van der Waals surface area contributed by atoms with Crippen LogP contribution in [0.3, 0.4) is 0 Å². The summed E-state index contributed by atoms with van der Waals surface area (Å²) in [6, 6.07) is 18.6. The third-order valence-corrected chi connectivity index (χ3v) is 3.33. The van der Waals surface area contributed by atoms with Gasteiger partial charge in [-0.1, -0.05) is 0 Å². The Hall–Kier alpha value is -3.01. The molecule has 0 fully saturated rings. The zero-order valence-electron chi connectivity index (χ0n) is 12.2. The number of aromatic nitrogens is 1. The molecule has 110 valence electrons. The second-order valence-corrected chi connectivity index (χ2v) is 4.78. The topological polar surface area (TPSA) is 46.8 Å². The highest BCUT2D eigenvalue weighted by atomic mass is 16.5. The number of methoxy groups -OCH3 is 1. The number of benzene rings is 2. The van der Waals surface area contributed by atoms with E-state index in [2.05, 4.69) is 4.99 Å². The molecule has 0 spiro atoms. The van der Waals surface area contributed by atoms with E-state index in [-0.39, 0.29) is 5.75 Å². The number of hydrogen-bond acceptors (Lipinski definition) is 3. The van der Waals surface area contributed by atoms with Gasteiger partial charge in [0.05, 0.1) is 24.7 Å². The van der Waals surface area contributed by atoms with Gasteiger partial charge < -0.3 is 14.4 Å². The van der Waals surface area contributed by atoms with Gasteiger partial charge in [-0.15, -0.1) is 0 Å². The number of phenolic OH excluding ortho intramolecular Hbond substituents is 1. The third-order valence-electron chi connectivity index (χ3n) is 3.33. The van der Waals surface area contributed by atoms with Crippen molar-refractivity contribution < 1.29 is 9.84 Å². The van der Waals surface area contributed by atoms with E-state index in [1.807, 2.05) is 47.2 Å². The van der Waals surface area contributed by atoms with Gasteiger partial charge in [0.25, 0.3) is 0 Å². The predicted molar refractivity (Wildman–Crippen MR) is 87.7 cm³/mol. The van der Waals surface area contributed by atoms with Gasteiger partial charge in [-0.05, 0) is 60.7 Å². The van der Waals surface area contributed by atoms with Crippen LogP contribution in [-0.4, -0.2) is 23.0 Å². The lowest BCUT2D eigenvalue weighted by molar-refractivity contribution is 0.414. The second kappa shape index (κ2) is 6.18. The normalized spacial score (nSPS) is 11.0. The summed E-state index contributed by atoms with van der Waals surface area (Å²) in [5, 5.41) is 9.28. The zero-order valence-corrected chi connectivity index (χ0v) is 12.2. The van der Waals surface area contributed by atoms with Gasteiger partial charge in [-0.3, -0.25) is 4.99 Å². The lowest BCUT2D eigenvalue weighted by Crippen LogP contribution is -1.97. The molecule has 0 aliphatic rings. The zero-order chi connectivity index (χ0) is 15.4. The van der Waals surface area contributed by atoms with Gasteiger partial charge in [-0.2, -0.15) is 0 Å². The molecule has 0 unspecified atom stereocenters. The minimum atomic E-state index is 0.237. The van der Waals surface area contributed by atoms with Crippen molar-refractivity contribution in [2.45, 2.75) is 0 Å². The summed E-state index contributed by atoms with van der Waals surface area (Å²) in [4.78, 5) is 4.43. The standard InChI is InChI=1S/C18H16N2O2/c1-22-18-10-6-15(7-11-18)20-12-2-3-16(20)13-19-14-4-8-17(21)9-5-14/h2-13,21H,1H3. The van der Waals surface area contributed by atoms with Crippen molar-refractivity contribution in [2.24, 2.45) is 4.99 Å². The molecule has 0 aliphatic heterocycles. The highest BCUT2D eigenvalue weighted by Crippen LogP contribution is 2.19. The predicted octanol–water partition coefficient (Wildman–Crippen LogP) is 3.94. The summed E-state index contributed by atoms with van der Waals surface area (Å²) in [6.07, 6.45) is 3.79. The number of ether oxygens (including phenoxy) is 1. The van der Waals surface area contributed by atoms with E-state index in [9.17, 15) is 5.11 Å². The van der Waals surface area contributed by atoms with Gasteiger partial charge in [0.1, 0.15) is 11.5 Å². The molecular formula is C18H16N2O2. The van der Waals surface area contributed by atoms with Gasteiger partial charge >= 0.3 is 0 Å². The van der Waals surface area contributed by atoms with Crippen molar-refractivity contribution in [1.82, 2.24) is 4.57 Å². The summed E-state index contributed by atoms with van der Waals surface area (Å²) in [6.45, 7) is 0. The fourth-order valence-corrected chi connectivity index (χ4v) is 2.16. The summed E-state index contributed by atoms with van der Waals surface area (Å²) in [5.41, 5.74) is 2.80. The molecule has 1 N–H and O–H groups in total. The number of aliphatic imine (C=N–C) groups is 1. The molecule has 0 saturated carbocycles. The molecule has 0 saturated heterocycles. The summed E-state index contributed by atoms with van der Waals surface area (Å²) in [5.74, 6) is 1.07. The number of aromatic hydroxyl groups is 1. The maximum atomic E-state index is 9.28. The summed E-state index contributed by atoms with van der Waals surface area (Å²) >= 11 is 0. The average molecular weight is 292 g/mol. The van der Waals surface area contributed by atoms with Crippen LogP contribution < -0.4 is 4.74 Å². The first-order valence-corrected chi connectivity index (χ1v) is 6.91. The molecule has 2 aromatic carbocycles. The minimum absolute atomic E-state index is 0.237. The molecule has 0 amide bonds. The van der Waals surface area contributed by atoms with Crippen molar-refractivity contribution in [1.29, 1.82) is 0 Å². The van der Waals surface area contributed by atoms with Crippen LogP contribution in [0.5, 0.6) is 11.5 Å². The first-order chi connectivity index (χ1) is 10.8. The quantitative estimate of drug-likeness (QED) is 0.740. The Kier molecular flexibility index (Phi) is 3.92. The van der Waals surface area contributed by atoms with Crippen molar-refractivity contribution in [3.8, 4) is 17.2 Å². The van der Waals surface area contributed by atoms with Gasteiger partial charge in [0.2, 0.25) is 0 Å². The number of phenols is 1. The molecular weight excluding hydrogens is 276 g/mol. The Morgan fingerprint density at radius 2 is 1.73 bits per heavy atom. The lowest BCUT2D eigenvalue weighted by atomic mass is 10.3. The Morgan fingerprint density at radius 1 is 1.00 bits per heavy atom. The highest BCUT2D eigenvalue weighted by Gasteiger charge is 2.01. The number of hydrogen-bond donors (Lipinski definition) is 1. The summed E-state index contributed by atoms with van der Waals surface area (Å²) in [7, 11) is 1.65. The SMILES string of the molecule is COc1ccc(-n2cccc2C=Nc2ccc(O)cc2)cc1. The molecule has 3 aromatic rings. The Labute approximate surface area is 128 Å². The fourth-order valence-electron chi connectivity index (χ4n) is 2.16. The van der Waals surface area contributed by atoms with Crippen LogP contribution in [0.15, 0.2) is 71.9 Å². The van der Waals surface area contributed by atoms with Crippen molar-refractivity contribution in [2.75, 3.05) is 7.11 Å². The highest BCUT2D eigenvalue weighted by molar-refractivity contribution is 5.81. The van der Waals surface area contributed by atoms with E-state index >= 15 is 0 Å². The van der Waals surface area contributed by atoms with Crippen LogP contribution in [0.4, 0.5) is 5.69 Å². The maximum Gasteiger partial charge on any atom is 0.119 e. The Bertz CT molecular complexity index is 772. The molecule has 3 rings (SSSR count). The van der Waals surface area contributed by atoms with E-state index in [0.717, 1.165) is 22.8 Å². The van der Waals surface area contributed by atoms with Crippen molar-refractivity contribution in [3.63, 3.8) is 0 Å². The maximum absolute atomic E-state index is 9.28. The minimum Gasteiger partial charge on any atom is -0.508 e. The molecule has 4 heteroatoms. The molecule has 0 bridgehead atoms. The van der Waals surface area contributed by atoms with Crippen LogP contribution in [-0.2, 0) is 0 Å². The van der Waals surface area contributed by atoms with E-state index in [1.54, 1.807) is 37.6 Å². The van der Waals surface area contributed by atoms with Crippen LogP contribution >= 0.6 is 0 Å². The molecule has 1 heterocycles. The number of rotatable bonds is 4. The van der Waals surface area contributed by atoms with E-state index in [0.29, 0.717) is 0 Å². The molecule has 0 radical (unpaired) electrons. The molecule has 1 aromatic heterocycles. The van der Waals surface area contributed by atoms with Crippen LogP contribution in [0, 0.1) is 0 Å². The van der Waals surface area contributed by atoms with Crippen LogP contribution in [0.25, 0.3) is 5.69 Å². The molecule has 0 aliphatic carbocycles. The van der Waals surface area contributed by atoms with Crippen molar-refractivity contribution >= 4 is 11.9 Å². The first kappa shape index (κ1) is 13.9. The second-order valence-electron chi connectivity index (χ2n) is 4.78. The molecule has 4 nitrogen and oxygen atoms in total. The monoisotopic (exact) mass is 292 g/mol. The first-order valence-electron chi connectivity index (χ1n) is 6.91.